The van der Waals surface area contributed by atoms with Crippen molar-refractivity contribution in [3.63, 3.8) is 0 Å². The second-order valence-corrected chi connectivity index (χ2v) is 10.2. The first-order valence-electron chi connectivity index (χ1n) is 10.5. The molecule has 0 bridgehead atoms. The summed E-state index contributed by atoms with van der Waals surface area (Å²) in [6, 6.07) is 6.33. The van der Waals surface area contributed by atoms with Crippen LogP contribution in [0.2, 0.25) is 0 Å². The van der Waals surface area contributed by atoms with Crippen LogP contribution in [0.15, 0.2) is 47.8 Å². The molecular weight excluding hydrogens is 461 g/mol. The number of sulfonamides is 1. The molecule has 0 aliphatic heterocycles. The van der Waals surface area contributed by atoms with Crippen molar-refractivity contribution in [3.8, 4) is 11.1 Å². The number of carbonyl (C=O) groups is 1. The molecule has 0 atom stereocenters. The first kappa shape index (κ1) is 25.3. The van der Waals surface area contributed by atoms with E-state index in [2.05, 4.69) is 15.4 Å². The Balaban J connectivity index is 1.96. The summed E-state index contributed by atoms with van der Waals surface area (Å²) in [7, 11) is -1.22. The van der Waals surface area contributed by atoms with Gasteiger partial charge in [0.05, 0.1) is 11.4 Å². The smallest absolute Gasteiger partial charge is 0.333 e. The number of benzene rings is 1. The Morgan fingerprint density at radius 1 is 1.24 bits per heavy atom. The van der Waals surface area contributed by atoms with E-state index in [0.29, 0.717) is 28.1 Å². The highest BCUT2D eigenvalue weighted by Crippen LogP contribution is 2.35. The van der Waals surface area contributed by atoms with Gasteiger partial charge in [-0.1, -0.05) is 19.9 Å². The van der Waals surface area contributed by atoms with Crippen molar-refractivity contribution < 1.29 is 22.3 Å². The molecule has 0 spiro atoms. The van der Waals surface area contributed by atoms with E-state index in [1.54, 1.807) is 39.2 Å². The maximum atomic E-state index is 14.4. The summed E-state index contributed by atoms with van der Waals surface area (Å²) in [5.41, 5.74) is 1.46. The van der Waals surface area contributed by atoms with Gasteiger partial charge in [-0.15, -0.1) is 0 Å². The van der Waals surface area contributed by atoms with Crippen molar-refractivity contribution in [2.75, 3.05) is 12.4 Å². The highest BCUT2D eigenvalue weighted by Gasteiger charge is 2.29. The van der Waals surface area contributed by atoms with Gasteiger partial charge in [-0.3, -0.25) is 9.67 Å². The molecule has 0 radical (unpaired) electrons. The lowest BCUT2D eigenvalue weighted by Crippen LogP contribution is -2.35. The molecule has 0 aliphatic carbocycles. The number of pyridine rings is 1. The third-order valence-corrected chi connectivity index (χ3v) is 6.66. The van der Waals surface area contributed by atoms with Gasteiger partial charge in [0.25, 0.3) is 10.0 Å². The van der Waals surface area contributed by atoms with E-state index in [9.17, 15) is 17.6 Å². The summed E-state index contributed by atoms with van der Waals surface area (Å²) in [5, 5.41) is 6.29. The van der Waals surface area contributed by atoms with Gasteiger partial charge in [0, 0.05) is 43.7 Å². The van der Waals surface area contributed by atoms with Crippen LogP contribution in [-0.4, -0.2) is 36.3 Å². The molecule has 2 amide bonds. The van der Waals surface area contributed by atoms with Crippen molar-refractivity contribution in [1.82, 2.24) is 19.5 Å². The molecule has 0 aliphatic rings. The number of halogens is 1. The van der Waals surface area contributed by atoms with Crippen LogP contribution in [0.1, 0.15) is 44.9 Å². The first-order valence-corrected chi connectivity index (χ1v) is 12.0. The predicted molar refractivity (Wildman–Crippen MR) is 126 cm³/mol. The number of methoxy groups -OCH3 is 1. The molecule has 2 heterocycles. The number of nitrogens with one attached hydrogen (secondary N) is 2. The molecular formula is C23H28FN5O4S. The molecule has 9 nitrogen and oxygen atoms in total. The van der Waals surface area contributed by atoms with Crippen molar-refractivity contribution in [1.29, 1.82) is 0 Å². The summed E-state index contributed by atoms with van der Waals surface area (Å²) in [4.78, 5) is 16.9. The van der Waals surface area contributed by atoms with Crippen molar-refractivity contribution in [2.45, 2.75) is 44.2 Å². The van der Waals surface area contributed by atoms with Gasteiger partial charge in [0.2, 0.25) is 0 Å². The third-order valence-electron chi connectivity index (χ3n) is 5.45. The quantitative estimate of drug-likeness (QED) is 0.516. The summed E-state index contributed by atoms with van der Waals surface area (Å²) >= 11 is 0. The summed E-state index contributed by atoms with van der Waals surface area (Å²) in [6.45, 7) is 7.22. The lowest BCUT2D eigenvalue weighted by atomic mass is 9.94. The van der Waals surface area contributed by atoms with Crippen LogP contribution in [0, 0.1) is 5.82 Å². The molecule has 0 saturated carbocycles. The number of rotatable bonds is 7. The zero-order chi connectivity index (χ0) is 25.3. The number of ether oxygens (including phenoxy) is 1. The third kappa shape index (κ3) is 5.26. The zero-order valence-corrected chi connectivity index (χ0v) is 20.7. The average Bonchev–Trinajstić information content (AvgIpc) is 3.18. The summed E-state index contributed by atoms with van der Waals surface area (Å²) in [6.07, 6.45) is 3.11. The fourth-order valence-electron chi connectivity index (χ4n) is 3.53. The zero-order valence-electron chi connectivity index (χ0n) is 19.9. The topological polar surface area (TPSA) is 115 Å². The number of carbonyl (C=O) groups excluding carboxylic acids is 1. The molecule has 3 rings (SSSR count). The first-order chi connectivity index (χ1) is 15.9. The molecule has 2 N–H and O–H groups in total. The molecule has 0 unspecified atom stereocenters. The summed E-state index contributed by atoms with van der Waals surface area (Å²) < 4.78 is 48.9. The van der Waals surface area contributed by atoms with Gasteiger partial charge in [0.1, 0.15) is 11.4 Å². The van der Waals surface area contributed by atoms with Crippen molar-refractivity contribution in [3.05, 3.63) is 59.8 Å². The van der Waals surface area contributed by atoms with E-state index in [-0.39, 0.29) is 10.9 Å². The van der Waals surface area contributed by atoms with Gasteiger partial charge < -0.3 is 10.1 Å². The van der Waals surface area contributed by atoms with Crippen molar-refractivity contribution >= 4 is 21.7 Å². The maximum Gasteiger partial charge on any atom is 0.333 e. The highest BCUT2D eigenvalue weighted by atomic mass is 32.2. The number of amides is 2. The van der Waals surface area contributed by atoms with Crippen LogP contribution >= 0.6 is 0 Å². The minimum Gasteiger partial charge on any atom is -0.373 e. The molecule has 182 valence electrons. The Kier molecular flexibility index (Phi) is 7.08. The molecule has 0 fully saturated rings. The fraction of sp³-hybridized carbons (Fsp3) is 0.348. The maximum absolute atomic E-state index is 14.4. The number of aromatic nitrogens is 3. The highest BCUT2D eigenvalue weighted by molar-refractivity contribution is 7.90. The number of hydrogen-bond acceptors (Lipinski definition) is 6. The standard InChI is InChI=1S/C23H28FN5O4S/c1-14(2)17-10-16(24)11-18(15-8-7-9-25-13-15)21(17)26-22(30)28-34(31,32)20-12-19(29(5)27-20)23(3,4)33-6/h7-14H,1-6H3,(H2,26,28,30). The number of hydrogen-bond donors (Lipinski definition) is 2. The van der Waals surface area contributed by atoms with Gasteiger partial charge in [-0.05, 0) is 43.5 Å². The van der Waals surface area contributed by atoms with E-state index >= 15 is 0 Å². The van der Waals surface area contributed by atoms with Crippen LogP contribution in [-0.2, 0) is 27.4 Å². The Morgan fingerprint density at radius 2 is 1.94 bits per heavy atom. The van der Waals surface area contributed by atoms with Gasteiger partial charge >= 0.3 is 6.03 Å². The minimum absolute atomic E-state index is 0.160. The van der Waals surface area contributed by atoms with Crippen LogP contribution in [0.5, 0.6) is 0 Å². The Hall–Kier alpha value is -3.31. The minimum atomic E-state index is -4.30. The van der Waals surface area contributed by atoms with Crippen LogP contribution in [0.4, 0.5) is 14.9 Å². The van der Waals surface area contributed by atoms with Crippen LogP contribution < -0.4 is 10.0 Å². The SMILES string of the molecule is COC(C)(C)c1cc(S(=O)(=O)NC(=O)Nc2c(-c3cccnc3)cc(F)cc2C(C)C)nn1C. The van der Waals surface area contributed by atoms with E-state index in [4.69, 9.17) is 4.74 Å². The monoisotopic (exact) mass is 489 g/mol. The average molecular weight is 490 g/mol. The lowest BCUT2D eigenvalue weighted by molar-refractivity contribution is 0.0123. The molecule has 11 heteroatoms. The molecule has 0 saturated heterocycles. The molecule has 34 heavy (non-hydrogen) atoms. The number of aryl methyl sites for hydroxylation is 1. The lowest BCUT2D eigenvalue weighted by Gasteiger charge is -2.22. The van der Waals surface area contributed by atoms with Crippen molar-refractivity contribution in [2.24, 2.45) is 7.05 Å². The molecule has 1 aromatic carbocycles. The second-order valence-electron chi connectivity index (χ2n) is 8.58. The Bertz CT molecular complexity index is 1300. The second kappa shape index (κ2) is 9.51. The molecule has 2 aromatic heterocycles. The van der Waals surface area contributed by atoms with Crippen LogP contribution in [0.3, 0.4) is 0 Å². The normalized spacial score (nSPS) is 12.1. The molecule has 3 aromatic rings. The van der Waals surface area contributed by atoms with Gasteiger partial charge in [0.15, 0.2) is 5.03 Å². The Morgan fingerprint density at radius 3 is 2.53 bits per heavy atom. The van der Waals surface area contributed by atoms with Crippen LogP contribution in [0.25, 0.3) is 11.1 Å². The Labute approximate surface area is 198 Å². The van der Waals surface area contributed by atoms with E-state index in [1.165, 1.54) is 36.2 Å². The number of anilines is 1. The number of nitrogens with zero attached hydrogens (tertiary/aromatic N) is 3. The summed E-state index contributed by atoms with van der Waals surface area (Å²) in [5.74, 6) is -0.643. The van der Waals surface area contributed by atoms with E-state index < -0.39 is 27.5 Å². The predicted octanol–water partition coefficient (Wildman–Crippen LogP) is 4.14. The fourth-order valence-corrected chi connectivity index (χ4v) is 4.42. The van der Waals surface area contributed by atoms with Gasteiger partial charge in [-0.2, -0.15) is 13.5 Å². The number of urea groups is 1. The van der Waals surface area contributed by atoms with E-state index in [1.807, 2.05) is 18.6 Å². The van der Waals surface area contributed by atoms with Gasteiger partial charge in [-0.25, -0.2) is 13.9 Å². The van der Waals surface area contributed by atoms with E-state index in [0.717, 1.165) is 0 Å². The largest absolute Gasteiger partial charge is 0.373 e.